The van der Waals surface area contributed by atoms with Gasteiger partial charge in [-0.05, 0) is 19.8 Å². The van der Waals surface area contributed by atoms with Crippen LogP contribution in [0.2, 0.25) is 0 Å². The zero-order chi connectivity index (χ0) is 17.1. The molecule has 0 spiro atoms. The molecule has 3 rings (SSSR count). The molecule has 0 saturated carbocycles. The highest BCUT2D eigenvalue weighted by Crippen LogP contribution is 2.32. The number of thioether (sulfide) groups is 1. The third-order valence-electron chi connectivity index (χ3n) is 3.49. The van der Waals surface area contributed by atoms with E-state index < -0.39 is 0 Å². The van der Waals surface area contributed by atoms with Crippen LogP contribution in [0, 0.1) is 12.8 Å². The van der Waals surface area contributed by atoms with E-state index in [1.165, 1.54) is 17.3 Å². The first-order valence-corrected chi connectivity index (χ1v) is 8.87. The summed E-state index contributed by atoms with van der Waals surface area (Å²) in [6.07, 6.45) is 0.794. The minimum Gasteiger partial charge on any atom is -0.424 e. The summed E-state index contributed by atoms with van der Waals surface area (Å²) in [5.41, 5.74) is 2.24. The van der Waals surface area contributed by atoms with Crippen LogP contribution in [0.1, 0.15) is 43.4 Å². The topological polar surface area (TPSA) is 80.5 Å². The van der Waals surface area contributed by atoms with Crippen molar-refractivity contribution in [2.75, 3.05) is 0 Å². The van der Waals surface area contributed by atoms with Crippen LogP contribution < -0.4 is 0 Å². The first kappa shape index (κ1) is 16.7. The highest BCUT2D eigenvalue weighted by atomic mass is 32.2. The predicted molar refractivity (Wildman–Crippen MR) is 93.7 cm³/mol. The molecule has 0 aliphatic carbocycles. The van der Waals surface area contributed by atoms with Gasteiger partial charge in [0, 0.05) is 12.0 Å². The summed E-state index contributed by atoms with van der Waals surface area (Å²) in [5.74, 6) is 2.54. The lowest BCUT2D eigenvalue weighted by molar-refractivity contribution is 0.426. The van der Waals surface area contributed by atoms with Crippen molar-refractivity contribution in [1.82, 2.24) is 25.4 Å². The lowest BCUT2D eigenvalue weighted by Gasteiger charge is -2.02. The fourth-order valence-electron chi connectivity index (χ4n) is 2.21. The molecule has 0 bridgehead atoms. The monoisotopic (exact) mass is 343 g/mol. The van der Waals surface area contributed by atoms with E-state index >= 15 is 0 Å². The van der Waals surface area contributed by atoms with Gasteiger partial charge in [-0.25, -0.2) is 4.98 Å². The molecule has 0 aliphatic heterocycles. The van der Waals surface area contributed by atoms with Crippen molar-refractivity contribution < 1.29 is 4.42 Å². The second-order valence-electron chi connectivity index (χ2n) is 6.22. The van der Waals surface area contributed by atoms with Gasteiger partial charge in [-0.2, -0.15) is 0 Å². The third kappa shape index (κ3) is 4.03. The summed E-state index contributed by atoms with van der Waals surface area (Å²) >= 11 is 1.50. The molecule has 7 heteroatoms. The van der Waals surface area contributed by atoms with Crippen LogP contribution in [-0.2, 0) is 6.42 Å². The SMILES string of the molecule is Cc1ccc(-c2nc(SC(C)c3nnc(CC(C)C)o3)n[nH]2)cc1. The number of aryl methyl sites for hydroxylation is 1. The molecule has 2 aromatic heterocycles. The summed E-state index contributed by atoms with van der Waals surface area (Å²) in [6.45, 7) is 8.33. The number of aromatic nitrogens is 5. The minimum absolute atomic E-state index is 0.0000741. The van der Waals surface area contributed by atoms with Gasteiger partial charge in [0.15, 0.2) is 5.82 Å². The Morgan fingerprint density at radius 1 is 1.12 bits per heavy atom. The molecule has 0 saturated heterocycles. The molecule has 3 aromatic rings. The average molecular weight is 343 g/mol. The summed E-state index contributed by atoms with van der Waals surface area (Å²) in [5, 5.41) is 16.2. The maximum absolute atomic E-state index is 5.72. The first-order chi connectivity index (χ1) is 11.5. The fraction of sp³-hybridized carbons (Fsp3) is 0.412. The first-order valence-electron chi connectivity index (χ1n) is 7.99. The van der Waals surface area contributed by atoms with Gasteiger partial charge in [0.25, 0.3) is 0 Å². The van der Waals surface area contributed by atoms with Crippen LogP contribution in [0.4, 0.5) is 0 Å². The number of rotatable bonds is 6. The molecule has 126 valence electrons. The second kappa shape index (κ2) is 7.17. The van der Waals surface area contributed by atoms with Crippen LogP contribution in [0.25, 0.3) is 11.4 Å². The average Bonchev–Trinajstić information content (AvgIpc) is 3.17. The van der Waals surface area contributed by atoms with Crippen molar-refractivity contribution in [3.63, 3.8) is 0 Å². The Morgan fingerprint density at radius 3 is 2.58 bits per heavy atom. The number of hydrogen-bond donors (Lipinski definition) is 1. The van der Waals surface area contributed by atoms with Gasteiger partial charge in [-0.1, -0.05) is 55.4 Å². The Kier molecular flexibility index (Phi) is 4.99. The maximum Gasteiger partial charge on any atom is 0.229 e. The number of H-pyrrole nitrogens is 1. The summed E-state index contributed by atoms with van der Waals surface area (Å²) in [7, 11) is 0. The van der Waals surface area contributed by atoms with E-state index in [1.54, 1.807) is 0 Å². The molecule has 1 atom stereocenters. The largest absolute Gasteiger partial charge is 0.424 e. The second-order valence-corrected chi connectivity index (χ2v) is 7.53. The van der Waals surface area contributed by atoms with Gasteiger partial charge < -0.3 is 4.42 Å². The number of hydrogen-bond acceptors (Lipinski definition) is 6. The molecule has 0 amide bonds. The zero-order valence-corrected chi connectivity index (χ0v) is 15.1. The molecule has 1 aromatic carbocycles. The Morgan fingerprint density at radius 2 is 1.88 bits per heavy atom. The maximum atomic E-state index is 5.72. The predicted octanol–water partition coefficient (Wildman–Crippen LogP) is 4.21. The van der Waals surface area contributed by atoms with Crippen molar-refractivity contribution in [2.24, 2.45) is 5.92 Å². The number of nitrogens with one attached hydrogen (secondary N) is 1. The number of nitrogens with zero attached hydrogens (tertiary/aromatic N) is 4. The van der Waals surface area contributed by atoms with Crippen LogP contribution in [-0.4, -0.2) is 25.4 Å². The van der Waals surface area contributed by atoms with Gasteiger partial charge in [0.05, 0.1) is 5.25 Å². The van der Waals surface area contributed by atoms with Crippen molar-refractivity contribution in [1.29, 1.82) is 0 Å². The quantitative estimate of drug-likeness (QED) is 0.675. The highest BCUT2D eigenvalue weighted by Gasteiger charge is 2.18. The van der Waals surface area contributed by atoms with Crippen LogP contribution in [0.15, 0.2) is 33.8 Å². The van der Waals surface area contributed by atoms with Crippen molar-refractivity contribution >= 4 is 11.8 Å². The molecule has 0 aliphatic rings. The Balaban J connectivity index is 1.67. The molecular formula is C17H21N5OS. The lowest BCUT2D eigenvalue weighted by Crippen LogP contribution is -1.93. The number of benzene rings is 1. The Labute approximate surface area is 145 Å². The molecule has 1 N–H and O–H groups in total. The molecule has 0 radical (unpaired) electrons. The van der Waals surface area contributed by atoms with Crippen molar-refractivity contribution in [2.45, 2.75) is 44.5 Å². The van der Waals surface area contributed by atoms with Crippen molar-refractivity contribution in [3.05, 3.63) is 41.6 Å². The van der Waals surface area contributed by atoms with E-state index in [2.05, 4.69) is 58.3 Å². The Bertz CT molecular complexity index is 793. The molecule has 6 nitrogen and oxygen atoms in total. The van der Waals surface area contributed by atoms with Gasteiger partial charge in [-0.15, -0.1) is 15.3 Å². The summed E-state index contributed by atoms with van der Waals surface area (Å²) in [6, 6.07) is 8.18. The van der Waals surface area contributed by atoms with Gasteiger partial charge in [0.1, 0.15) is 0 Å². The van der Waals surface area contributed by atoms with E-state index in [4.69, 9.17) is 4.42 Å². The Hall–Kier alpha value is -2.15. The lowest BCUT2D eigenvalue weighted by atomic mass is 10.1. The van der Waals surface area contributed by atoms with E-state index in [9.17, 15) is 0 Å². The molecule has 1 unspecified atom stereocenters. The zero-order valence-electron chi connectivity index (χ0n) is 14.3. The minimum atomic E-state index is 0.0000741. The fourth-order valence-corrected chi connectivity index (χ4v) is 2.97. The molecule has 0 fully saturated rings. The normalized spacial score (nSPS) is 12.7. The number of aromatic amines is 1. The van der Waals surface area contributed by atoms with E-state index in [1.807, 2.05) is 19.1 Å². The van der Waals surface area contributed by atoms with E-state index in [0.717, 1.165) is 17.8 Å². The van der Waals surface area contributed by atoms with Gasteiger partial charge in [-0.3, -0.25) is 5.10 Å². The summed E-state index contributed by atoms with van der Waals surface area (Å²) < 4.78 is 5.72. The smallest absolute Gasteiger partial charge is 0.229 e. The van der Waals surface area contributed by atoms with Gasteiger partial charge >= 0.3 is 0 Å². The standard InChI is InChI=1S/C17H21N5OS/c1-10(2)9-14-19-21-16(23-14)12(4)24-17-18-15(20-22-17)13-7-5-11(3)6-8-13/h5-8,10,12H,9H2,1-4H3,(H,18,20,22). The highest BCUT2D eigenvalue weighted by molar-refractivity contribution is 7.99. The third-order valence-corrected chi connectivity index (χ3v) is 4.43. The summed E-state index contributed by atoms with van der Waals surface area (Å²) in [4.78, 5) is 4.54. The molecule has 2 heterocycles. The van der Waals surface area contributed by atoms with Crippen LogP contribution in [0.5, 0.6) is 0 Å². The molecule has 24 heavy (non-hydrogen) atoms. The van der Waals surface area contributed by atoms with Gasteiger partial charge in [0.2, 0.25) is 16.9 Å². The van der Waals surface area contributed by atoms with Crippen molar-refractivity contribution in [3.8, 4) is 11.4 Å². The van der Waals surface area contributed by atoms with E-state index in [-0.39, 0.29) is 5.25 Å². The van der Waals surface area contributed by atoms with Crippen LogP contribution >= 0.6 is 11.8 Å². The molecular weight excluding hydrogens is 322 g/mol. The van der Waals surface area contributed by atoms with E-state index in [0.29, 0.717) is 22.9 Å². The van der Waals surface area contributed by atoms with Crippen LogP contribution in [0.3, 0.4) is 0 Å².